The predicted octanol–water partition coefficient (Wildman–Crippen LogP) is 1.94. The molecule has 0 N–H and O–H groups in total. The minimum Gasteiger partial charge on any atom is -0.418 e. The molecule has 0 bridgehead atoms. The third-order valence-electron chi connectivity index (χ3n) is 2.55. The summed E-state index contributed by atoms with van der Waals surface area (Å²) >= 11 is 0. The smallest absolute Gasteiger partial charge is 0.418 e. The minimum atomic E-state index is -1.19. The second-order valence-corrected chi connectivity index (χ2v) is 4.05. The van der Waals surface area contributed by atoms with Crippen molar-refractivity contribution in [2.24, 2.45) is 0 Å². The first kappa shape index (κ1) is 14.8. The Balaban J connectivity index is 1.98. The molecule has 2 rings (SSSR count). The number of nitriles is 2. The van der Waals surface area contributed by atoms with Crippen LogP contribution in [-0.2, 0) is 9.59 Å². The maximum absolute atomic E-state index is 11.6. The van der Waals surface area contributed by atoms with E-state index in [1.165, 1.54) is 48.5 Å². The zero-order chi connectivity index (χ0) is 15.9. The molecule has 22 heavy (non-hydrogen) atoms. The molecule has 0 fully saturated rings. The molecule has 0 aromatic heterocycles. The first-order valence-corrected chi connectivity index (χ1v) is 6.06. The SMILES string of the molecule is N#Cc1ccc(OC(=O)C(=O)Oc2ccc(C#N)cc2)cc1. The second kappa shape index (κ2) is 6.69. The van der Waals surface area contributed by atoms with Crippen molar-refractivity contribution in [3.8, 4) is 23.6 Å². The normalized spacial score (nSPS) is 9.18. The molecule has 0 radical (unpaired) electrons. The number of carbonyl (C=O) groups is 2. The molecule has 2 aromatic carbocycles. The van der Waals surface area contributed by atoms with E-state index in [2.05, 4.69) is 0 Å². The maximum Gasteiger partial charge on any atom is 0.423 e. The van der Waals surface area contributed by atoms with E-state index in [9.17, 15) is 9.59 Å². The van der Waals surface area contributed by atoms with Gasteiger partial charge in [0.1, 0.15) is 11.5 Å². The average molecular weight is 292 g/mol. The fraction of sp³-hybridized carbons (Fsp3) is 0. The molecule has 0 aliphatic rings. The summed E-state index contributed by atoms with van der Waals surface area (Å²) in [5.74, 6) is -2.12. The highest BCUT2D eigenvalue weighted by molar-refractivity contribution is 6.31. The van der Waals surface area contributed by atoms with Crippen molar-refractivity contribution in [1.82, 2.24) is 0 Å². The molecule has 6 nitrogen and oxygen atoms in total. The zero-order valence-electron chi connectivity index (χ0n) is 11.1. The largest absolute Gasteiger partial charge is 0.423 e. The van der Waals surface area contributed by atoms with E-state index in [4.69, 9.17) is 20.0 Å². The zero-order valence-corrected chi connectivity index (χ0v) is 11.1. The van der Waals surface area contributed by atoms with Gasteiger partial charge in [0.25, 0.3) is 0 Å². The summed E-state index contributed by atoms with van der Waals surface area (Å²) < 4.78 is 9.64. The highest BCUT2D eigenvalue weighted by atomic mass is 16.6. The Morgan fingerprint density at radius 2 is 1.00 bits per heavy atom. The van der Waals surface area contributed by atoms with Gasteiger partial charge < -0.3 is 9.47 Å². The Morgan fingerprint density at radius 1 is 0.682 bits per heavy atom. The molecule has 0 aliphatic heterocycles. The van der Waals surface area contributed by atoms with Gasteiger partial charge in [-0.15, -0.1) is 0 Å². The van der Waals surface area contributed by atoms with Gasteiger partial charge in [0.15, 0.2) is 0 Å². The molecule has 0 aliphatic carbocycles. The molecule has 0 saturated carbocycles. The van der Waals surface area contributed by atoms with Crippen molar-refractivity contribution in [3.63, 3.8) is 0 Å². The minimum absolute atomic E-state index is 0.126. The summed E-state index contributed by atoms with van der Waals surface area (Å²) in [6, 6.07) is 15.2. The van der Waals surface area contributed by atoms with Crippen molar-refractivity contribution >= 4 is 11.9 Å². The van der Waals surface area contributed by atoms with E-state index in [0.717, 1.165) is 0 Å². The summed E-state index contributed by atoms with van der Waals surface area (Å²) in [7, 11) is 0. The van der Waals surface area contributed by atoms with E-state index < -0.39 is 11.9 Å². The fourth-order valence-electron chi connectivity index (χ4n) is 1.49. The van der Waals surface area contributed by atoms with Gasteiger partial charge in [-0.2, -0.15) is 10.5 Å². The lowest BCUT2D eigenvalue weighted by molar-refractivity contribution is -0.156. The van der Waals surface area contributed by atoms with Crippen LogP contribution in [0.25, 0.3) is 0 Å². The van der Waals surface area contributed by atoms with Crippen LogP contribution in [0.5, 0.6) is 11.5 Å². The van der Waals surface area contributed by atoms with Crippen LogP contribution in [0.4, 0.5) is 0 Å². The number of rotatable bonds is 2. The van der Waals surface area contributed by atoms with Gasteiger partial charge in [-0.3, -0.25) is 0 Å². The number of esters is 2. The lowest BCUT2D eigenvalue weighted by atomic mass is 10.2. The number of ether oxygens (including phenoxy) is 2. The first-order chi connectivity index (χ1) is 10.6. The van der Waals surface area contributed by atoms with Crippen LogP contribution >= 0.6 is 0 Å². The summed E-state index contributed by atoms with van der Waals surface area (Å²) in [4.78, 5) is 23.2. The van der Waals surface area contributed by atoms with Crippen molar-refractivity contribution in [2.75, 3.05) is 0 Å². The number of nitrogens with zero attached hydrogens (tertiary/aromatic N) is 2. The van der Waals surface area contributed by atoms with Crippen molar-refractivity contribution in [3.05, 3.63) is 59.7 Å². The van der Waals surface area contributed by atoms with Crippen LogP contribution in [-0.4, -0.2) is 11.9 Å². The van der Waals surface area contributed by atoms with Gasteiger partial charge in [-0.05, 0) is 48.5 Å². The molecule has 0 atom stereocenters. The standard InChI is InChI=1S/C16H8N2O4/c17-9-11-1-5-13(6-2-11)21-15(19)16(20)22-14-7-3-12(10-18)4-8-14/h1-8H. The Bertz CT molecular complexity index is 711. The van der Waals surface area contributed by atoms with E-state index in [-0.39, 0.29) is 11.5 Å². The van der Waals surface area contributed by atoms with Gasteiger partial charge in [-0.1, -0.05) is 0 Å². The van der Waals surface area contributed by atoms with E-state index >= 15 is 0 Å². The Morgan fingerprint density at radius 3 is 1.27 bits per heavy atom. The molecular formula is C16H8N2O4. The molecular weight excluding hydrogens is 284 g/mol. The molecule has 106 valence electrons. The van der Waals surface area contributed by atoms with Gasteiger partial charge in [0.2, 0.25) is 0 Å². The van der Waals surface area contributed by atoms with Gasteiger partial charge in [0.05, 0.1) is 23.3 Å². The van der Waals surface area contributed by atoms with E-state index in [1.54, 1.807) is 0 Å². The van der Waals surface area contributed by atoms with Crippen LogP contribution in [0.15, 0.2) is 48.5 Å². The third kappa shape index (κ3) is 3.69. The van der Waals surface area contributed by atoms with Crippen LogP contribution in [0, 0.1) is 22.7 Å². The number of hydrogen-bond acceptors (Lipinski definition) is 6. The Hall–Kier alpha value is -3.64. The Kier molecular flexibility index (Phi) is 4.49. The fourth-order valence-corrected chi connectivity index (χ4v) is 1.49. The van der Waals surface area contributed by atoms with Crippen molar-refractivity contribution in [2.45, 2.75) is 0 Å². The van der Waals surface area contributed by atoms with Crippen LogP contribution in [0.1, 0.15) is 11.1 Å². The molecule has 0 spiro atoms. The average Bonchev–Trinajstić information content (AvgIpc) is 2.56. The van der Waals surface area contributed by atoms with Crippen LogP contribution in [0.3, 0.4) is 0 Å². The summed E-state index contributed by atoms with van der Waals surface area (Å²) in [5.41, 5.74) is 0.805. The van der Waals surface area contributed by atoms with Crippen LogP contribution < -0.4 is 9.47 Å². The lowest BCUT2D eigenvalue weighted by Crippen LogP contribution is -2.25. The number of carbonyl (C=O) groups excluding carboxylic acids is 2. The van der Waals surface area contributed by atoms with Gasteiger partial charge in [-0.25, -0.2) is 9.59 Å². The summed E-state index contributed by atoms with van der Waals surface area (Å²) in [6.45, 7) is 0. The predicted molar refractivity (Wildman–Crippen MR) is 73.6 cm³/mol. The first-order valence-electron chi connectivity index (χ1n) is 6.06. The third-order valence-corrected chi connectivity index (χ3v) is 2.55. The molecule has 0 amide bonds. The van der Waals surface area contributed by atoms with Crippen molar-refractivity contribution < 1.29 is 19.1 Å². The molecule has 2 aromatic rings. The Labute approximate surface area is 125 Å². The van der Waals surface area contributed by atoms with Crippen LogP contribution in [0.2, 0.25) is 0 Å². The van der Waals surface area contributed by atoms with E-state index in [1.807, 2.05) is 12.1 Å². The second-order valence-electron chi connectivity index (χ2n) is 4.05. The summed E-state index contributed by atoms with van der Waals surface area (Å²) in [6.07, 6.45) is 0. The summed E-state index contributed by atoms with van der Waals surface area (Å²) in [5, 5.41) is 17.3. The maximum atomic E-state index is 11.6. The monoisotopic (exact) mass is 292 g/mol. The highest BCUT2D eigenvalue weighted by Gasteiger charge is 2.19. The lowest BCUT2D eigenvalue weighted by Gasteiger charge is -2.05. The topological polar surface area (TPSA) is 100 Å². The molecule has 0 unspecified atom stereocenters. The molecule has 0 heterocycles. The highest BCUT2D eigenvalue weighted by Crippen LogP contribution is 2.14. The molecule has 6 heteroatoms. The van der Waals surface area contributed by atoms with E-state index in [0.29, 0.717) is 11.1 Å². The molecule has 0 saturated heterocycles. The number of hydrogen-bond donors (Lipinski definition) is 0. The number of benzene rings is 2. The van der Waals surface area contributed by atoms with Gasteiger partial charge in [0, 0.05) is 0 Å². The van der Waals surface area contributed by atoms with Crippen molar-refractivity contribution in [1.29, 1.82) is 10.5 Å². The quantitative estimate of drug-likeness (QED) is 0.476. The van der Waals surface area contributed by atoms with Gasteiger partial charge >= 0.3 is 11.9 Å².